The Morgan fingerprint density at radius 1 is 1.47 bits per heavy atom. The Balaban J connectivity index is 1.65. The van der Waals surface area contributed by atoms with Gasteiger partial charge in [0, 0.05) is 6.04 Å². The third-order valence-electron chi connectivity index (χ3n) is 3.52. The van der Waals surface area contributed by atoms with Gasteiger partial charge >= 0.3 is 0 Å². The molecule has 0 aliphatic heterocycles. The molecule has 1 atom stereocenters. The molecule has 0 spiro atoms. The zero-order valence-corrected chi connectivity index (χ0v) is 10.4. The molecular weight excluding hydrogens is 202 g/mol. The van der Waals surface area contributed by atoms with Crippen molar-refractivity contribution in [3.05, 3.63) is 22.4 Å². The quantitative estimate of drug-likeness (QED) is 0.796. The van der Waals surface area contributed by atoms with Crippen molar-refractivity contribution in [1.29, 1.82) is 0 Å². The Hall–Kier alpha value is -0.340. The Morgan fingerprint density at radius 3 is 2.93 bits per heavy atom. The summed E-state index contributed by atoms with van der Waals surface area (Å²) in [4.78, 5) is 0. The van der Waals surface area contributed by atoms with Crippen LogP contribution >= 0.6 is 11.3 Å². The first-order valence-corrected chi connectivity index (χ1v) is 7.06. The molecule has 0 amide bonds. The lowest BCUT2D eigenvalue weighted by Crippen LogP contribution is -2.21. The fraction of sp³-hybridized carbons (Fsp3) is 0.692. The van der Waals surface area contributed by atoms with Gasteiger partial charge in [0.1, 0.15) is 0 Å². The van der Waals surface area contributed by atoms with Gasteiger partial charge in [-0.2, -0.15) is 11.3 Å². The highest BCUT2D eigenvalue weighted by molar-refractivity contribution is 7.07. The lowest BCUT2D eigenvalue weighted by molar-refractivity contribution is 0.455. The van der Waals surface area contributed by atoms with E-state index in [-0.39, 0.29) is 0 Å². The van der Waals surface area contributed by atoms with E-state index >= 15 is 0 Å². The van der Waals surface area contributed by atoms with Crippen LogP contribution in [0.5, 0.6) is 0 Å². The molecule has 0 bridgehead atoms. The van der Waals surface area contributed by atoms with Gasteiger partial charge in [0.2, 0.25) is 0 Å². The van der Waals surface area contributed by atoms with Crippen molar-refractivity contribution < 1.29 is 0 Å². The molecule has 1 nitrogen and oxygen atoms in total. The smallest absolute Gasteiger partial charge is 0.0300 e. The predicted octanol–water partition coefficient (Wildman–Crippen LogP) is 3.98. The van der Waals surface area contributed by atoms with Crippen LogP contribution in [0.1, 0.15) is 50.6 Å². The number of rotatable bonds is 5. The summed E-state index contributed by atoms with van der Waals surface area (Å²) in [5, 5.41) is 8.02. The topological polar surface area (TPSA) is 12.0 Å². The van der Waals surface area contributed by atoms with E-state index in [0.29, 0.717) is 6.04 Å². The second-order valence-electron chi connectivity index (χ2n) is 4.67. The third-order valence-corrected chi connectivity index (χ3v) is 4.22. The molecule has 1 aromatic rings. The van der Waals surface area contributed by atoms with Crippen LogP contribution in [0.4, 0.5) is 0 Å². The number of hydrogen-bond donors (Lipinski definition) is 1. The number of thiophene rings is 1. The van der Waals surface area contributed by atoms with Crippen LogP contribution < -0.4 is 5.32 Å². The highest BCUT2D eigenvalue weighted by Crippen LogP contribution is 2.27. The SMILES string of the molecule is CC(NCCC1CCCC1)c1ccsc1. The van der Waals surface area contributed by atoms with Crippen LogP contribution in [-0.2, 0) is 0 Å². The molecule has 0 aromatic carbocycles. The van der Waals surface area contributed by atoms with Crippen LogP contribution in [0, 0.1) is 5.92 Å². The molecule has 1 aliphatic rings. The van der Waals surface area contributed by atoms with Crippen molar-refractivity contribution in [3.63, 3.8) is 0 Å². The predicted molar refractivity (Wildman–Crippen MR) is 67.3 cm³/mol. The molecule has 1 saturated carbocycles. The highest BCUT2D eigenvalue weighted by atomic mass is 32.1. The zero-order valence-electron chi connectivity index (χ0n) is 9.54. The first-order valence-electron chi connectivity index (χ1n) is 6.12. The third kappa shape index (κ3) is 3.32. The Labute approximate surface area is 96.9 Å². The standard InChI is InChI=1S/C13H21NS/c1-11(13-7-9-15-10-13)14-8-6-12-4-2-3-5-12/h7,9-12,14H,2-6,8H2,1H3. The summed E-state index contributed by atoms with van der Waals surface area (Å²) in [6.45, 7) is 3.44. The monoisotopic (exact) mass is 223 g/mol. The molecule has 2 rings (SSSR count). The maximum absolute atomic E-state index is 3.62. The maximum Gasteiger partial charge on any atom is 0.0300 e. The van der Waals surface area contributed by atoms with E-state index in [2.05, 4.69) is 29.1 Å². The highest BCUT2D eigenvalue weighted by Gasteiger charge is 2.14. The van der Waals surface area contributed by atoms with Crippen molar-refractivity contribution >= 4 is 11.3 Å². The van der Waals surface area contributed by atoms with Gasteiger partial charge < -0.3 is 5.32 Å². The largest absolute Gasteiger partial charge is 0.310 e. The summed E-state index contributed by atoms with van der Waals surface area (Å²) in [6.07, 6.45) is 7.23. The number of hydrogen-bond acceptors (Lipinski definition) is 2. The second-order valence-corrected chi connectivity index (χ2v) is 5.45. The molecule has 1 aromatic heterocycles. The lowest BCUT2D eigenvalue weighted by atomic mass is 10.0. The average molecular weight is 223 g/mol. The molecule has 15 heavy (non-hydrogen) atoms. The van der Waals surface area contributed by atoms with Gasteiger partial charge in [-0.15, -0.1) is 0 Å². The van der Waals surface area contributed by atoms with Gasteiger partial charge in [0.15, 0.2) is 0 Å². The summed E-state index contributed by atoms with van der Waals surface area (Å²) in [7, 11) is 0. The summed E-state index contributed by atoms with van der Waals surface area (Å²) >= 11 is 1.79. The summed E-state index contributed by atoms with van der Waals surface area (Å²) in [5.74, 6) is 1.01. The molecule has 1 aliphatic carbocycles. The molecular formula is C13H21NS. The van der Waals surface area contributed by atoms with Crippen molar-refractivity contribution in [2.24, 2.45) is 5.92 Å². The van der Waals surface area contributed by atoms with E-state index in [4.69, 9.17) is 0 Å². The average Bonchev–Trinajstić information content (AvgIpc) is 2.90. The van der Waals surface area contributed by atoms with Gasteiger partial charge in [-0.1, -0.05) is 25.7 Å². The summed E-state index contributed by atoms with van der Waals surface area (Å²) in [6, 6.07) is 2.75. The van der Waals surface area contributed by atoms with E-state index in [1.807, 2.05) is 0 Å². The minimum Gasteiger partial charge on any atom is -0.310 e. The molecule has 2 heteroatoms. The van der Waals surface area contributed by atoms with Crippen molar-refractivity contribution in [1.82, 2.24) is 5.32 Å². The first kappa shape index (κ1) is 11.2. The zero-order chi connectivity index (χ0) is 10.5. The molecule has 1 fully saturated rings. The Bertz CT molecular complexity index is 262. The second kappa shape index (κ2) is 5.66. The summed E-state index contributed by atoms with van der Waals surface area (Å²) < 4.78 is 0. The normalized spacial score (nSPS) is 19.5. The molecule has 0 saturated heterocycles. The van der Waals surface area contributed by atoms with Crippen LogP contribution in [0.3, 0.4) is 0 Å². The lowest BCUT2D eigenvalue weighted by Gasteiger charge is -2.14. The fourth-order valence-electron chi connectivity index (χ4n) is 2.44. The van der Waals surface area contributed by atoms with Crippen LogP contribution in [0.25, 0.3) is 0 Å². The Kier molecular flexibility index (Phi) is 4.21. The van der Waals surface area contributed by atoms with E-state index < -0.39 is 0 Å². The van der Waals surface area contributed by atoms with Crippen molar-refractivity contribution in [2.75, 3.05) is 6.54 Å². The van der Waals surface area contributed by atoms with E-state index in [1.165, 1.54) is 44.2 Å². The molecule has 0 radical (unpaired) electrons. The van der Waals surface area contributed by atoms with Crippen LogP contribution in [0.2, 0.25) is 0 Å². The van der Waals surface area contributed by atoms with E-state index in [1.54, 1.807) is 11.3 Å². The molecule has 84 valence electrons. The molecule has 1 heterocycles. The van der Waals surface area contributed by atoms with Gasteiger partial charge in [0.05, 0.1) is 0 Å². The van der Waals surface area contributed by atoms with Crippen LogP contribution in [0.15, 0.2) is 16.8 Å². The van der Waals surface area contributed by atoms with Crippen LogP contribution in [-0.4, -0.2) is 6.54 Å². The Morgan fingerprint density at radius 2 is 2.27 bits per heavy atom. The van der Waals surface area contributed by atoms with Gasteiger partial charge in [0.25, 0.3) is 0 Å². The summed E-state index contributed by atoms with van der Waals surface area (Å²) in [5.41, 5.74) is 1.44. The van der Waals surface area contributed by atoms with E-state index in [0.717, 1.165) is 5.92 Å². The number of nitrogens with one attached hydrogen (secondary N) is 1. The minimum atomic E-state index is 0.526. The van der Waals surface area contributed by atoms with Crippen molar-refractivity contribution in [3.8, 4) is 0 Å². The van der Waals surface area contributed by atoms with Gasteiger partial charge in [-0.05, 0) is 48.2 Å². The van der Waals surface area contributed by atoms with Gasteiger partial charge in [-0.25, -0.2) is 0 Å². The first-order chi connectivity index (χ1) is 7.36. The minimum absolute atomic E-state index is 0.526. The molecule has 1 N–H and O–H groups in total. The molecule has 1 unspecified atom stereocenters. The maximum atomic E-state index is 3.62. The van der Waals surface area contributed by atoms with Crippen molar-refractivity contribution in [2.45, 2.75) is 45.1 Å². The van der Waals surface area contributed by atoms with Gasteiger partial charge in [-0.3, -0.25) is 0 Å². The van der Waals surface area contributed by atoms with E-state index in [9.17, 15) is 0 Å². The fourth-order valence-corrected chi connectivity index (χ4v) is 3.20.